The molecule has 0 bridgehead atoms. The molecule has 0 atom stereocenters. The molecule has 0 saturated heterocycles. The van der Waals surface area contributed by atoms with E-state index in [1.54, 1.807) is 0 Å². The van der Waals surface area contributed by atoms with Crippen molar-refractivity contribution >= 4 is 0 Å². The van der Waals surface area contributed by atoms with Crippen LogP contribution in [0.5, 0.6) is 0 Å². The molecule has 0 aliphatic carbocycles. The van der Waals surface area contributed by atoms with E-state index < -0.39 is 0 Å². The highest BCUT2D eigenvalue weighted by atomic mass is 14.7. The quantitative estimate of drug-likeness (QED) is 0.0750. The van der Waals surface area contributed by atoms with E-state index in [-0.39, 0.29) is 0 Å². The van der Waals surface area contributed by atoms with E-state index in [0.717, 1.165) is 6.42 Å². The molecule has 1 heterocycles. The Hall–Kier alpha value is -0.850. The number of aryl methyl sites for hydroxylation is 3. The van der Waals surface area contributed by atoms with Crippen molar-refractivity contribution in [2.24, 2.45) is 0 Å². The molecule has 0 amide bonds. The first kappa shape index (κ1) is 39.2. The predicted octanol–water partition coefficient (Wildman–Crippen LogP) is 14.5. The molecule has 0 saturated carbocycles. The van der Waals surface area contributed by atoms with Gasteiger partial charge in [0.15, 0.2) is 0 Å². The highest BCUT2D eigenvalue weighted by molar-refractivity contribution is 5.22. The van der Waals surface area contributed by atoms with Crippen molar-refractivity contribution in [3.05, 3.63) is 29.1 Å². The third-order valence-corrected chi connectivity index (χ3v) is 9.47. The number of hydrogen-bond acceptors (Lipinski definition) is 1. The minimum atomic E-state index is 1.14. The summed E-state index contributed by atoms with van der Waals surface area (Å²) in [5.74, 6) is 0. The zero-order valence-corrected chi connectivity index (χ0v) is 29.4. The Morgan fingerprint density at radius 2 is 0.571 bits per heavy atom. The van der Waals surface area contributed by atoms with Crippen molar-refractivity contribution in [3.63, 3.8) is 0 Å². The number of unbranched alkanes of at least 4 members (excludes halogenated alkanes) is 28. The topological polar surface area (TPSA) is 12.9 Å². The average Bonchev–Trinajstić information content (AvgIpc) is 3.01. The first-order chi connectivity index (χ1) is 20.8. The maximum atomic E-state index is 5.09. The Morgan fingerprint density at radius 1 is 0.333 bits per heavy atom. The molecule has 1 aromatic heterocycles. The molecule has 0 radical (unpaired) electrons. The smallest absolute Gasteiger partial charge is 0.0409 e. The van der Waals surface area contributed by atoms with Gasteiger partial charge in [-0.25, -0.2) is 0 Å². The van der Waals surface area contributed by atoms with Crippen LogP contribution < -0.4 is 0 Å². The molecule has 0 unspecified atom stereocenters. The third kappa shape index (κ3) is 25.6. The monoisotopic (exact) mass is 584 g/mol. The molecule has 0 N–H and O–H groups in total. The Kier molecular flexibility index (Phi) is 29.4. The lowest BCUT2D eigenvalue weighted by Crippen LogP contribution is -1.99. The van der Waals surface area contributed by atoms with Gasteiger partial charge >= 0.3 is 0 Å². The summed E-state index contributed by atoms with van der Waals surface area (Å²) in [6.45, 7) is 6.91. The molecule has 1 heteroatoms. The molecular weight excluding hydrogens is 506 g/mol. The fraction of sp³-hybridized carbons (Fsp3) is 0.878. The summed E-state index contributed by atoms with van der Waals surface area (Å²) in [5.41, 5.74) is 4.22. The van der Waals surface area contributed by atoms with Crippen LogP contribution in [0.25, 0.3) is 0 Å². The van der Waals surface area contributed by atoms with Gasteiger partial charge in [-0.05, 0) is 49.8 Å². The van der Waals surface area contributed by atoms with Crippen molar-refractivity contribution < 1.29 is 0 Å². The van der Waals surface area contributed by atoms with Crippen LogP contribution >= 0.6 is 0 Å². The number of hydrogen-bond donors (Lipinski definition) is 0. The van der Waals surface area contributed by atoms with E-state index in [4.69, 9.17) is 4.98 Å². The first-order valence-electron chi connectivity index (χ1n) is 19.8. The van der Waals surface area contributed by atoms with Crippen LogP contribution in [0.1, 0.15) is 230 Å². The van der Waals surface area contributed by atoms with Gasteiger partial charge in [-0.3, -0.25) is 4.98 Å². The summed E-state index contributed by atoms with van der Waals surface area (Å²) >= 11 is 0. The van der Waals surface area contributed by atoms with Crippen LogP contribution in [0.2, 0.25) is 0 Å². The lowest BCUT2D eigenvalue weighted by atomic mass is 10.0. The van der Waals surface area contributed by atoms with Crippen LogP contribution in [0, 0.1) is 0 Å². The fourth-order valence-electron chi connectivity index (χ4n) is 6.53. The normalized spacial score (nSPS) is 11.5. The van der Waals surface area contributed by atoms with Gasteiger partial charge in [0.05, 0.1) is 0 Å². The fourth-order valence-corrected chi connectivity index (χ4v) is 6.53. The van der Waals surface area contributed by atoms with Crippen LogP contribution in [-0.2, 0) is 19.3 Å². The van der Waals surface area contributed by atoms with Gasteiger partial charge < -0.3 is 0 Å². The highest BCUT2D eigenvalue weighted by Gasteiger charge is 2.04. The molecule has 1 aromatic rings. The predicted molar refractivity (Wildman–Crippen MR) is 191 cm³/mol. The molecule has 0 fully saturated rings. The second-order valence-corrected chi connectivity index (χ2v) is 13.7. The van der Waals surface area contributed by atoms with Crippen molar-refractivity contribution in [1.82, 2.24) is 4.98 Å². The minimum Gasteiger partial charge on any atom is -0.258 e. The highest BCUT2D eigenvalue weighted by Crippen LogP contribution is 2.17. The SMILES string of the molecule is CCCCCCCCCCCCCCCCCc1cc(CC)cc(CCCCCCCCCCCCCCCCC)n1. The van der Waals surface area contributed by atoms with Gasteiger partial charge in [0, 0.05) is 11.4 Å². The van der Waals surface area contributed by atoms with Crippen molar-refractivity contribution in [2.75, 3.05) is 0 Å². The minimum absolute atomic E-state index is 1.14. The molecule has 1 nitrogen and oxygen atoms in total. The summed E-state index contributed by atoms with van der Waals surface area (Å²) in [7, 11) is 0. The maximum Gasteiger partial charge on any atom is 0.0409 e. The Balaban J connectivity index is 1.99. The number of rotatable bonds is 33. The Morgan fingerprint density at radius 3 is 0.810 bits per heavy atom. The van der Waals surface area contributed by atoms with E-state index in [1.165, 1.54) is 222 Å². The molecule has 1 rings (SSSR count). The molecule has 0 aliphatic rings. The zero-order valence-electron chi connectivity index (χ0n) is 29.4. The van der Waals surface area contributed by atoms with Gasteiger partial charge in [0.1, 0.15) is 0 Å². The summed E-state index contributed by atoms with van der Waals surface area (Å²) in [5, 5.41) is 0. The van der Waals surface area contributed by atoms with Crippen molar-refractivity contribution in [3.8, 4) is 0 Å². The Bertz CT molecular complexity index is 613. The zero-order chi connectivity index (χ0) is 30.2. The molecule has 246 valence electrons. The van der Waals surface area contributed by atoms with Gasteiger partial charge in [-0.2, -0.15) is 0 Å². The van der Waals surface area contributed by atoms with Gasteiger partial charge in [-0.15, -0.1) is 0 Å². The molecule has 0 aromatic carbocycles. The number of pyridine rings is 1. The Labute approximate surface area is 266 Å². The van der Waals surface area contributed by atoms with E-state index in [9.17, 15) is 0 Å². The van der Waals surface area contributed by atoms with Crippen molar-refractivity contribution in [1.29, 1.82) is 0 Å². The number of nitrogens with zero attached hydrogens (tertiary/aromatic N) is 1. The standard InChI is InChI=1S/C41H77N/c1-4-7-9-11-13-15-17-19-21-23-25-27-29-31-33-35-40-37-39(6-3)38-41(42-40)36-34-32-30-28-26-24-22-20-18-16-14-12-10-8-5-2/h37-38H,4-36H2,1-3H3. The van der Waals surface area contributed by atoms with Gasteiger partial charge in [0.2, 0.25) is 0 Å². The average molecular weight is 584 g/mol. The summed E-state index contributed by atoms with van der Waals surface area (Å²) in [6, 6.07) is 4.78. The molecular formula is C41H77N. The molecule has 42 heavy (non-hydrogen) atoms. The lowest BCUT2D eigenvalue weighted by molar-refractivity contribution is 0.531. The second kappa shape index (κ2) is 31.6. The van der Waals surface area contributed by atoms with Crippen LogP contribution in [0.4, 0.5) is 0 Å². The van der Waals surface area contributed by atoms with E-state index in [2.05, 4.69) is 32.9 Å². The lowest BCUT2D eigenvalue weighted by Gasteiger charge is -2.09. The maximum absolute atomic E-state index is 5.09. The second-order valence-electron chi connectivity index (χ2n) is 13.7. The summed E-state index contributed by atoms with van der Waals surface area (Å²) < 4.78 is 0. The first-order valence-corrected chi connectivity index (χ1v) is 19.8. The molecule has 0 spiro atoms. The van der Waals surface area contributed by atoms with Gasteiger partial charge in [0.25, 0.3) is 0 Å². The van der Waals surface area contributed by atoms with Crippen LogP contribution in [0.15, 0.2) is 12.1 Å². The van der Waals surface area contributed by atoms with Crippen molar-refractivity contribution in [2.45, 2.75) is 233 Å². The van der Waals surface area contributed by atoms with E-state index in [1.807, 2.05) is 0 Å². The van der Waals surface area contributed by atoms with Crippen LogP contribution in [-0.4, -0.2) is 4.98 Å². The van der Waals surface area contributed by atoms with E-state index in [0.29, 0.717) is 0 Å². The molecule has 0 aliphatic heterocycles. The summed E-state index contributed by atoms with van der Waals surface area (Å²) in [6.07, 6.45) is 46.5. The largest absolute Gasteiger partial charge is 0.258 e. The third-order valence-electron chi connectivity index (χ3n) is 9.47. The summed E-state index contributed by atoms with van der Waals surface area (Å²) in [4.78, 5) is 5.09. The number of aromatic nitrogens is 1. The van der Waals surface area contributed by atoms with Gasteiger partial charge in [-0.1, -0.05) is 201 Å². The van der Waals surface area contributed by atoms with Crippen LogP contribution in [0.3, 0.4) is 0 Å². The van der Waals surface area contributed by atoms with E-state index >= 15 is 0 Å².